The van der Waals surface area contributed by atoms with E-state index in [0.717, 1.165) is 37.2 Å². The van der Waals surface area contributed by atoms with Crippen LogP contribution < -0.4 is 4.74 Å². The Labute approximate surface area is 108 Å². The maximum absolute atomic E-state index is 10.1. The van der Waals surface area contributed by atoms with Crippen molar-refractivity contribution >= 4 is 12.6 Å². The van der Waals surface area contributed by atoms with Crippen LogP contribution in [0.15, 0.2) is 30.3 Å². The molecule has 3 heteroatoms. The predicted molar refractivity (Wildman–Crippen MR) is 72.7 cm³/mol. The molecular weight excluding hydrogens is 232 g/mol. The van der Waals surface area contributed by atoms with E-state index >= 15 is 0 Å². The van der Waals surface area contributed by atoms with E-state index in [1.807, 2.05) is 30.3 Å². The molecule has 3 unspecified atom stereocenters. The van der Waals surface area contributed by atoms with Gasteiger partial charge in [0, 0.05) is 0 Å². The Hall–Kier alpha value is -0.670. The molecule has 3 atom stereocenters. The molecule has 0 heterocycles. The zero-order valence-corrected chi connectivity index (χ0v) is 10.9. The van der Waals surface area contributed by atoms with Crippen LogP contribution in [0.25, 0.3) is 0 Å². The molecule has 2 rings (SSSR count). The van der Waals surface area contributed by atoms with E-state index in [4.69, 9.17) is 4.74 Å². The Balaban J connectivity index is 2.04. The highest BCUT2D eigenvalue weighted by atomic mass is 32.1. The molecule has 1 aliphatic carbocycles. The fourth-order valence-electron chi connectivity index (χ4n) is 2.54. The first-order valence-corrected chi connectivity index (χ1v) is 6.95. The summed E-state index contributed by atoms with van der Waals surface area (Å²) in [6.07, 6.45) is 3.67. The normalized spacial score (nSPS) is 28.9. The monoisotopic (exact) mass is 252 g/mol. The molecule has 0 radical (unpaired) electrons. The van der Waals surface area contributed by atoms with Crippen molar-refractivity contribution in [3.8, 4) is 5.75 Å². The van der Waals surface area contributed by atoms with Crippen molar-refractivity contribution in [2.45, 2.75) is 37.9 Å². The van der Waals surface area contributed by atoms with E-state index in [-0.39, 0.29) is 12.2 Å². The van der Waals surface area contributed by atoms with Crippen LogP contribution in [0.2, 0.25) is 0 Å². The molecule has 2 nitrogen and oxygen atoms in total. The fourth-order valence-corrected chi connectivity index (χ4v) is 2.87. The van der Waals surface area contributed by atoms with Crippen molar-refractivity contribution in [1.82, 2.24) is 0 Å². The third-order valence-electron chi connectivity index (χ3n) is 3.43. The summed E-state index contributed by atoms with van der Waals surface area (Å²) in [5.41, 5.74) is 0. The van der Waals surface area contributed by atoms with Gasteiger partial charge >= 0.3 is 0 Å². The van der Waals surface area contributed by atoms with Gasteiger partial charge in [-0.15, -0.1) is 0 Å². The van der Waals surface area contributed by atoms with Gasteiger partial charge in [-0.05, 0) is 43.1 Å². The molecule has 0 amide bonds. The van der Waals surface area contributed by atoms with Gasteiger partial charge in [0.1, 0.15) is 11.9 Å². The number of aliphatic hydroxyl groups excluding tert-OH is 1. The highest BCUT2D eigenvalue weighted by Crippen LogP contribution is 2.31. The molecule has 0 saturated heterocycles. The van der Waals surface area contributed by atoms with Gasteiger partial charge in [0.25, 0.3) is 0 Å². The van der Waals surface area contributed by atoms with Crippen LogP contribution in [-0.4, -0.2) is 23.1 Å². The average molecular weight is 252 g/mol. The molecule has 1 saturated carbocycles. The smallest absolute Gasteiger partial charge is 0.127 e. The van der Waals surface area contributed by atoms with Crippen molar-refractivity contribution in [2.24, 2.45) is 5.92 Å². The van der Waals surface area contributed by atoms with Gasteiger partial charge in [-0.2, -0.15) is 12.6 Å². The summed E-state index contributed by atoms with van der Waals surface area (Å²) < 4.78 is 5.95. The van der Waals surface area contributed by atoms with Gasteiger partial charge in [0.05, 0.1) is 6.10 Å². The maximum Gasteiger partial charge on any atom is 0.127 e. The van der Waals surface area contributed by atoms with E-state index in [1.54, 1.807) is 0 Å². The van der Waals surface area contributed by atoms with E-state index < -0.39 is 0 Å². The zero-order valence-electron chi connectivity index (χ0n) is 9.96. The second kappa shape index (κ2) is 6.31. The number of para-hydroxylation sites is 1. The molecule has 1 N–H and O–H groups in total. The van der Waals surface area contributed by atoms with Crippen LogP contribution in [0.3, 0.4) is 0 Å². The molecule has 1 fully saturated rings. The average Bonchev–Trinajstić information content (AvgIpc) is 2.35. The third-order valence-corrected chi connectivity index (χ3v) is 3.69. The van der Waals surface area contributed by atoms with Crippen LogP contribution in [0.4, 0.5) is 0 Å². The number of hydrogen-bond acceptors (Lipinski definition) is 3. The molecule has 0 bridgehead atoms. The van der Waals surface area contributed by atoms with Gasteiger partial charge in [-0.1, -0.05) is 24.6 Å². The number of aliphatic hydroxyl groups is 1. The summed E-state index contributed by atoms with van der Waals surface area (Å²) in [5, 5.41) is 10.1. The number of hydrogen-bond donors (Lipinski definition) is 2. The second-order valence-electron chi connectivity index (χ2n) is 4.67. The minimum absolute atomic E-state index is 0.0710. The van der Waals surface area contributed by atoms with Crippen LogP contribution in [-0.2, 0) is 0 Å². The van der Waals surface area contributed by atoms with Crippen molar-refractivity contribution in [3.05, 3.63) is 30.3 Å². The lowest BCUT2D eigenvalue weighted by Crippen LogP contribution is -2.42. The van der Waals surface area contributed by atoms with Gasteiger partial charge in [0.2, 0.25) is 0 Å². The summed E-state index contributed by atoms with van der Waals surface area (Å²) in [5.74, 6) is 2.13. The first kappa shape index (κ1) is 12.8. The topological polar surface area (TPSA) is 29.5 Å². The minimum atomic E-state index is -0.339. The Kier molecular flexibility index (Phi) is 4.75. The van der Waals surface area contributed by atoms with Crippen molar-refractivity contribution < 1.29 is 9.84 Å². The fraction of sp³-hybridized carbons (Fsp3) is 0.571. The van der Waals surface area contributed by atoms with E-state index in [9.17, 15) is 5.11 Å². The summed E-state index contributed by atoms with van der Waals surface area (Å²) >= 11 is 4.29. The van der Waals surface area contributed by atoms with E-state index in [1.165, 1.54) is 0 Å². The Morgan fingerprint density at radius 2 is 2.00 bits per heavy atom. The predicted octanol–water partition coefficient (Wildman–Crippen LogP) is 2.91. The first-order valence-electron chi connectivity index (χ1n) is 6.32. The molecule has 17 heavy (non-hydrogen) atoms. The molecule has 1 aromatic rings. The molecule has 94 valence electrons. The quantitative estimate of drug-likeness (QED) is 0.807. The SMILES string of the molecule is OC1CCCC(CCS)C1Oc1ccccc1. The minimum Gasteiger partial charge on any atom is -0.487 e. The molecule has 1 aliphatic rings. The molecule has 0 spiro atoms. The van der Waals surface area contributed by atoms with Crippen molar-refractivity contribution in [1.29, 1.82) is 0 Å². The largest absolute Gasteiger partial charge is 0.487 e. The number of thiol groups is 1. The lowest BCUT2D eigenvalue weighted by molar-refractivity contribution is -0.0293. The maximum atomic E-state index is 10.1. The summed E-state index contributed by atoms with van der Waals surface area (Å²) in [4.78, 5) is 0. The number of ether oxygens (including phenoxy) is 1. The van der Waals surface area contributed by atoms with Crippen molar-refractivity contribution in [3.63, 3.8) is 0 Å². The summed E-state index contributed by atoms with van der Waals surface area (Å²) in [7, 11) is 0. The Morgan fingerprint density at radius 1 is 1.24 bits per heavy atom. The standard InChI is InChI=1S/C14H20O2S/c15-13-8-4-5-11(9-10-17)14(13)16-12-6-2-1-3-7-12/h1-3,6-7,11,13-15,17H,4-5,8-10H2. The number of benzene rings is 1. The number of rotatable bonds is 4. The van der Waals surface area contributed by atoms with Crippen molar-refractivity contribution in [2.75, 3.05) is 5.75 Å². The molecule has 0 aliphatic heterocycles. The van der Waals surface area contributed by atoms with Crippen LogP contribution in [0.5, 0.6) is 5.75 Å². The molecule has 1 aromatic carbocycles. The third kappa shape index (κ3) is 3.39. The summed E-state index contributed by atoms with van der Waals surface area (Å²) in [6.45, 7) is 0. The van der Waals surface area contributed by atoms with E-state index in [2.05, 4.69) is 12.6 Å². The van der Waals surface area contributed by atoms with Gasteiger partial charge in [-0.25, -0.2) is 0 Å². The zero-order chi connectivity index (χ0) is 12.1. The Morgan fingerprint density at radius 3 is 2.71 bits per heavy atom. The lowest BCUT2D eigenvalue weighted by atomic mass is 9.82. The van der Waals surface area contributed by atoms with Crippen LogP contribution in [0, 0.1) is 5.92 Å². The van der Waals surface area contributed by atoms with Gasteiger partial charge < -0.3 is 9.84 Å². The Bertz CT molecular complexity index is 326. The summed E-state index contributed by atoms with van der Waals surface area (Å²) in [6, 6.07) is 9.77. The van der Waals surface area contributed by atoms with Crippen LogP contribution in [0.1, 0.15) is 25.7 Å². The highest BCUT2D eigenvalue weighted by Gasteiger charge is 2.33. The first-order chi connectivity index (χ1) is 8.31. The van der Waals surface area contributed by atoms with Crippen LogP contribution >= 0.6 is 12.6 Å². The van der Waals surface area contributed by atoms with Gasteiger partial charge in [-0.3, -0.25) is 0 Å². The second-order valence-corrected chi connectivity index (χ2v) is 5.11. The lowest BCUT2D eigenvalue weighted by Gasteiger charge is -2.35. The molecular formula is C14H20O2S. The van der Waals surface area contributed by atoms with Gasteiger partial charge in [0.15, 0.2) is 0 Å². The van der Waals surface area contributed by atoms with E-state index in [0.29, 0.717) is 5.92 Å². The molecule has 0 aromatic heterocycles. The highest BCUT2D eigenvalue weighted by molar-refractivity contribution is 7.80.